The monoisotopic (exact) mass is 419 g/mol. The van der Waals surface area contributed by atoms with Crippen LogP contribution < -0.4 is 25.4 Å². The molecule has 7 nitrogen and oxygen atoms in total. The van der Waals surface area contributed by atoms with E-state index in [9.17, 15) is 9.59 Å². The molecule has 0 bridgehead atoms. The van der Waals surface area contributed by atoms with Gasteiger partial charge in [0.15, 0.2) is 0 Å². The molecule has 0 saturated carbocycles. The van der Waals surface area contributed by atoms with Crippen LogP contribution in [0.25, 0.3) is 0 Å². The first kappa shape index (κ1) is 21.9. The van der Waals surface area contributed by atoms with Gasteiger partial charge in [-0.25, -0.2) is 0 Å². The van der Waals surface area contributed by atoms with Crippen LogP contribution in [-0.2, 0) is 9.59 Å². The number of anilines is 2. The molecule has 1 atom stereocenters. The summed E-state index contributed by atoms with van der Waals surface area (Å²) >= 11 is 0. The van der Waals surface area contributed by atoms with Crippen molar-refractivity contribution in [1.29, 1.82) is 0 Å². The van der Waals surface area contributed by atoms with Gasteiger partial charge in [0, 0.05) is 11.8 Å². The van der Waals surface area contributed by atoms with Gasteiger partial charge in [-0.15, -0.1) is 0 Å². The highest BCUT2D eigenvalue weighted by molar-refractivity contribution is 5.97. The molecule has 3 rings (SSSR count). The van der Waals surface area contributed by atoms with Crippen LogP contribution in [0.1, 0.15) is 11.6 Å². The smallest absolute Gasteiger partial charge is 0.246 e. The number of methoxy groups -OCH3 is 2. The Hall–Kier alpha value is -3.84. The fraction of sp³-hybridized carbons (Fsp3) is 0.167. The first-order chi connectivity index (χ1) is 15.1. The Labute approximate surface area is 181 Å². The van der Waals surface area contributed by atoms with E-state index in [0.717, 1.165) is 5.56 Å². The minimum absolute atomic E-state index is 0.0812. The Bertz CT molecular complexity index is 1010. The van der Waals surface area contributed by atoms with Gasteiger partial charge in [-0.2, -0.15) is 0 Å². The Balaban J connectivity index is 1.70. The number of para-hydroxylation sites is 1. The molecule has 2 amide bonds. The molecule has 160 valence electrons. The Morgan fingerprint density at radius 1 is 0.839 bits per heavy atom. The lowest BCUT2D eigenvalue weighted by Crippen LogP contribution is -2.37. The molecule has 3 aromatic rings. The van der Waals surface area contributed by atoms with Gasteiger partial charge in [0.25, 0.3) is 0 Å². The number of carbonyl (C=O) groups excluding carboxylic acids is 2. The minimum atomic E-state index is -0.709. The maximum atomic E-state index is 12.9. The maximum Gasteiger partial charge on any atom is 0.246 e. The summed E-state index contributed by atoms with van der Waals surface area (Å²) in [6.45, 7) is -0.0812. The van der Waals surface area contributed by atoms with E-state index in [1.807, 2.05) is 60.7 Å². The van der Waals surface area contributed by atoms with Crippen molar-refractivity contribution in [3.63, 3.8) is 0 Å². The van der Waals surface area contributed by atoms with Crippen LogP contribution in [0.3, 0.4) is 0 Å². The molecule has 3 aromatic carbocycles. The summed E-state index contributed by atoms with van der Waals surface area (Å²) in [6, 6.07) is 22.8. The quantitative estimate of drug-likeness (QED) is 0.493. The third kappa shape index (κ3) is 6.07. The summed E-state index contributed by atoms with van der Waals surface area (Å²) in [4.78, 5) is 25.5. The molecular formula is C24H25N3O4. The Morgan fingerprint density at radius 2 is 1.52 bits per heavy atom. The predicted molar refractivity (Wildman–Crippen MR) is 120 cm³/mol. The molecule has 0 aliphatic carbocycles. The topological polar surface area (TPSA) is 88.7 Å². The highest BCUT2D eigenvalue weighted by atomic mass is 16.5. The summed E-state index contributed by atoms with van der Waals surface area (Å²) in [5.41, 5.74) is 1.92. The third-order valence-electron chi connectivity index (χ3n) is 4.58. The van der Waals surface area contributed by atoms with Gasteiger partial charge in [0.2, 0.25) is 11.8 Å². The van der Waals surface area contributed by atoms with E-state index in [4.69, 9.17) is 9.47 Å². The van der Waals surface area contributed by atoms with E-state index in [0.29, 0.717) is 22.9 Å². The molecule has 3 N–H and O–H groups in total. The molecule has 0 heterocycles. The van der Waals surface area contributed by atoms with E-state index >= 15 is 0 Å². The van der Waals surface area contributed by atoms with E-state index < -0.39 is 6.04 Å². The fourth-order valence-electron chi connectivity index (χ4n) is 3.04. The van der Waals surface area contributed by atoms with E-state index in [2.05, 4.69) is 16.0 Å². The maximum absolute atomic E-state index is 12.9. The van der Waals surface area contributed by atoms with E-state index in [1.54, 1.807) is 25.3 Å². The van der Waals surface area contributed by atoms with Crippen molar-refractivity contribution >= 4 is 23.2 Å². The van der Waals surface area contributed by atoms with Crippen molar-refractivity contribution < 1.29 is 19.1 Å². The summed E-state index contributed by atoms with van der Waals surface area (Å²) in [5.74, 6) is 0.521. The molecule has 0 spiro atoms. The normalized spacial score (nSPS) is 11.3. The number of rotatable bonds is 9. The lowest BCUT2D eigenvalue weighted by atomic mass is 10.1. The number of carbonyl (C=O) groups is 2. The number of hydrogen-bond donors (Lipinski definition) is 3. The molecule has 0 aromatic heterocycles. The molecule has 0 unspecified atom stereocenters. The first-order valence-corrected chi connectivity index (χ1v) is 9.77. The zero-order chi connectivity index (χ0) is 22.1. The SMILES string of the molecule is COc1ccc(OC)c(NC(=O)CN[C@H](C(=O)Nc2ccccc2)c2ccccc2)c1. The van der Waals surface area contributed by atoms with Gasteiger partial charge in [0.05, 0.1) is 26.5 Å². The third-order valence-corrected chi connectivity index (χ3v) is 4.58. The minimum Gasteiger partial charge on any atom is -0.497 e. The fourth-order valence-corrected chi connectivity index (χ4v) is 3.04. The zero-order valence-electron chi connectivity index (χ0n) is 17.4. The molecule has 7 heteroatoms. The molecule has 0 saturated heterocycles. The van der Waals surface area contributed by atoms with Crippen LogP contribution in [-0.4, -0.2) is 32.6 Å². The summed E-state index contributed by atoms with van der Waals surface area (Å²) in [7, 11) is 3.07. The number of hydrogen-bond acceptors (Lipinski definition) is 5. The van der Waals surface area contributed by atoms with Crippen LogP contribution in [0, 0.1) is 0 Å². The number of nitrogens with one attached hydrogen (secondary N) is 3. The second-order valence-electron chi connectivity index (χ2n) is 6.69. The number of amides is 2. The van der Waals surface area contributed by atoms with Crippen molar-refractivity contribution in [2.75, 3.05) is 31.4 Å². The number of benzene rings is 3. The van der Waals surface area contributed by atoms with Crippen LogP contribution >= 0.6 is 0 Å². The van der Waals surface area contributed by atoms with Gasteiger partial charge in [-0.05, 0) is 29.8 Å². The Kier molecular flexibility index (Phi) is 7.61. The molecule has 0 radical (unpaired) electrons. The Morgan fingerprint density at radius 3 is 2.16 bits per heavy atom. The predicted octanol–water partition coefficient (Wildman–Crippen LogP) is 3.61. The van der Waals surface area contributed by atoms with Crippen molar-refractivity contribution in [3.8, 4) is 11.5 Å². The lowest BCUT2D eigenvalue weighted by Gasteiger charge is -2.19. The second kappa shape index (κ2) is 10.8. The first-order valence-electron chi connectivity index (χ1n) is 9.77. The van der Waals surface area contributed by atoms with E-state index in [-0.39, 0.29) is 18.4 Å². The van der Waals surface area contributed by atoms with Gasteiger partial charge in [-0.3, -0.25) is 14.9 Å². The van der Waals surface area contributed by atoms with Crippen LogP contribution in [0.4, 0.5) is 11.4 Å². The van der Waals surface area contributed by atoms with Crippen LogP contribution in [0.15, 0.2) is 78.9 Å². The standard InChI is InChI=1S/C24H25N3O4/c1-30-19-13-14-21(31-2)20(15-19)27-22(28)16-25-23(17-9-5-3-6-10-17)24(29)26-18-11-7-4-8-12-18/h3-15,23,25H,16H2,1-2H3,(H,26,29)(H,27,28)/t23-/m0/s1. The molecule has 0 aliphatic rings. The van der Waals surface area contributed by atoms with Crippen LogP contribution in [0.2, 0.25) is 0 Å². The van der Waals surface area contributed by atoms with Crippen molar-refractivity contribution in [3.05, 3.63) is 84.4 Å². The van der Waals surface area contributed by atoms with Crippen molar-refractivity contribution in [2.45, 2.75) is 6.04 Å². The molecule has 0 fully saturated rings. The van der Waals surface area contributed by atoms with E-state index in [1.165, 1.54) is 7.11 Å². The van der Waals surface area contributed by atoms with Crippen molar-refractivity contribution in [2.24, 2.45) is 0 Å². The highest BCUT2D eigenvalue weighted by Gasteiger charge is 2.21. The van der Waals surface area contributed by atoms with Gasteiger partial charge in [0.1, 0.15) is 17.5 Å². The highest BCUT2D eigenvalue weighted by Crippen LogP contribution is 2.28. The van der Waals surface area contributed by atoms with Crippen molar-refractivity contribution in [1.82, 2.24) is 5.32 Å². The van der Waals surface area contributed by atoms with Gasteiger partial charge < -0.3 is 20.1 Å². The molecule has 31 heavy (non-hydrogen) atoms. The second-order valence-corrected chi connectivity index (χ2v) is 6.69. The van der Waals surface area contributed by atoms with Gasteiger partial charge >= 0.3 is 0 Å². The molecular weight excluding hydrogens is 394 g/mol. The number of ether oxygens (including phenoxy) is 2. The van der Waals surface area contributed by atoms with Gasteiger partial charge in [-0.1, -0.05) is 48.5 Å². The summed E-state index contributed by atoms with van der Waals surface area (Å²) in [5, 5.41) is 8.72. The molecule has 0 aliphatic heterocycles. The average Bonchev–Trinajstić information content (AvgIpc) is 2.80. The zero-order valence-corrected chi connectivity index (χ0v) is 17.4. The summed E-state index contributed by atoms with van der Waals surface area (Å²) in [6.07, 6.45) is 0. The average molecular weight is 419 g/mol. The summed E-state index contributed by atoms with van der Waals surface area (Å²) < 4.78 is 10.5. The largest absolute Gasteiger partial charge is 0.497 e. The lowest BCUT2D eigenvalue weighted by molar-refractivity contribution is -0.119. The van der Waals surface area contributed by atoms with Crippen LogP contribution in [0.5, 0.6) is 11.5 Å².